The van der Waals surface area contributed by atoms with Crippen molar-refractivity contribution in [3.05, 3.63) is 18.2 Å². The van der Waals surface area contributed by atoms with Crippen LogP contribution in [0, 0.1) is 0 Å². The van der Waals surface area contributed by atoms with E-state index in [0.29, 0.717) is 24.9 Å². The van der Waals surface area contributed by atoms with E-state index in [1.54, 1.807) is 0 Å². The molecule has 0 aliphatic heterocycles. The minimum atomic E-state index is 0.307. The Bertz CT molecular complexity index is 446. The highest BCUT2D eigenvalue weighted by atomic mass is 16.6. The molecular weight excluding hydrogens is 194 g/mol. The molecule has 1 aromatic carbocycles. The summed E-state index contributed by atoms with van der Waals surface area (Å²) in [5.41, 5.74) is 1.46. The zero-order valence-corrected chi connectivity index (χ0v) is 8.82. The Labute approximate surface area is 87.8 Å². The molecule has 0 fully saturated rings. The summed E-state index contributed by atoms with van der Waals surface area (Å²) in [5.74, 6) is 0.782. The third-order valence-electron chi connectivity index (χ3n) is 1.92. The van der Waals surface area contributed by atoms with Gasteiger partial charge in [-0.15, -0.1) is 0 Å². The summed E-state index contributed by atoms with van der Waals surface area (Å²) < 4.78 is 15.9. The van der Waals surface area contributed by atoms with Crippen molar-refractivity contribution in [2.24, 2.45) is 0 Å². The van der Waals surface area contributed by atoms with Crippen LogP contribution in [0.15, 0.2) is 22.6 Å². The normalized spacial score (nSPS) is 10.5. The van der Waals surface area contributed by atoms with Crippen LogP contribution in [0.5, 0.6) is 11.8 Å². The maximum Gasteiger partial charge on any atom is 0.394 e. The van der Waals surface area contributed by atoms with Crippen LogP contribution >= 0.6 is 0 Å². The maximum absolute atomic E-state index is 5.38. The van der Waals surface area contributed by atoms with Crippen LogP contribution in [-0.4, -0.2) is 18.2 Å². The van der Waals surface area contributed by atoms with Crippen LogP contribution in [0.4, 0.5) is 0 Å². The van der Waals surface area contributed by atoms with Gasteiger partial charge in [0.15, 0.2) is 5.58 Å². The van der Waals surface area contributed by atoms with Crippen LogP contribution in [0.2, 0.25) is 0 Å². The lowest BCUT2D eigenvalue weighted by Gasteiger charge is -2.00. The number of ether oxygens (including phenoxy) is 2. The Kier molecular flexibility index (Phi) is 2.76. The fourth-order valence-electron chi connectivity index (χ4n) is 1.33. The molecule has 0 amide bonds. The number of oxazole rings is 1. The molecule has 80 valence electrons. The van der Waals surface area contributed by atoms with Crippen LogP contribution in [0.1, 0.15) is 13.8 Å². The molecule has 2 rings (SSSR count). The van der Waals surface area contributed by atoms with E-state index in [-0.39, 0.29) is 0 Å². The predicted molar refractivity (Wildman–Crippen MR) is 56.3 cm³/mol. The van der Waals surface area contributed by atoms with Gasteiger partial charge in [0.2, 0.25) is 0 Å². The molecule has 0 unspecified atom stereocenters. The van der Waals surface area contributed by atoms with Gasteiger partial charge in [0.1, 0.15) is 11.3 Å². The molecule has 0 N–H and O–H groups in total. The highest BCUT2D eigenvalue weighted by Crippen LogP contribution is 2.24. The molecule has 0 spiro atoms. The maximum atomic E-state index is 5.38. The van der Waals surface area contributed by atoms with E-state index >= 15 is 0 Å². The van der Waals surface area contributed by atoms with Gasteiger partial charge in [-0.3, -0.25) is 0 Å². The van der Waals surface area contributed by atoms with Gasteiger partial charge in [0.05, 0.1) is 13.2 Å². The molecule has 0 saturated carbocycles. The van der Waals surface area contributed by atoms with E-state index < -0.39 is 0 Å². The molecule has 1 aromatic heterocycles. The average Bonchev–Trinajstić information content (AvgIpc) is 2.60. The molecule has 4 nitrogen and oxygen atoms in total. The Balaban J connectivity index is 2.34. The molecule has 0 aliphatic carbocycles. The van der Waals surface area contributed by atoms with Crippen molar-refractivity contribution < 1.29 is 13.9 Å². The van der Waals surface area contributed by atoms with Crippen LogP contribution < -0.4 is 9.47 Å². The van der Waals surface area contributed by atoms with Gasteiger partial charge in [-0.1, -0.05) is 0 Å². The topological polar surface area (TPSA) is 44.5 Å². The number of fused-ring (bicyclic) bond motifs is 1. The largest absolute Gasteiger partial charge is 0.494 e. The van der Waals surface area contributed by atoms with Gasteiger partial charge >= 0.3 is 6.08 Å². The third kappa shape index (κ3) is 2.03. The number of hydrogen-bond acceptors (Lipinski definition) is 4. The monoisotopic (exact) mass is 207 g/mol. The first kappa shape index (κ1) is 9.83. The Morgan fingerprint density at radius 3 is 2.73 bits per heavy atom. The van der Waals surface area contributed by atoms with Crippen molar-refractivity contribution in [1.29, 1.82) is 0 Å². The van der Waals surface area contributed by atoms with Crippen molar-refractivity contribution in [3.8, 4) is 11.8 Å². The van der Waals surface area contributed by atoms with Crippen molar-refractivity contribution in [3.63, 3.8) is 0 Å². The van der Waals surface area contributed by atoms with Crippen LogP contribution in [0.25, 0.3) is 11.1 Å². The lowest BCUT2D eigenvalue weighted by atomic mass is 10.3. The molecule has 0 atom stereocenters. The van der Waals surface area contributed by atoms with E-state index in [1.165, 1.54) is 0 Å². The first-order valence-corrected chi connectivity index (χ1v) is 4.99. The molecule has 1 heterocycles. The summed E-state index contributed by atoms with van der Waals surface area (Å²) >= 11 is 0. The fraction of sp³-hybridized carbons (Fsp3) is 0.364. The average molecular weight is 207 g/mol. The standard InChI is InChI=1S/C11H13NO3/c1-3-13-8-5-6-9-10(7-8)15-11(12-9)14-4-2/h5-7H,3-4H2,1-2H3. The second kappa shape index (κ2) is 4.21. The molecule has 2 aromatic rings. The molecule has 4 heteroatoms. The third-order valence-corrected chi connectivity index (χ3v) is 1.92. The molecule has 0 aliphatic rings. The smallest absolute Gasteiger partial charge is 0.394 e. The van der Waals surface area contributed by atoms with Gasteiger partial charge in [-0.2, -0.15) is 4.98 Å². The minimum absolute atomic E-state index is 0.307. The van der Waals surface area contributed by atoms with Gasteiger partial charge in [-0.25, -0.2) is 0 Å². The zero-order valence-electron chi connectivity index (χ0n) is 8.82. The first-order valence-electron chi connectivity index (χ1n) is 4.99. The summed E-state index contributed by atoms with van der Waals surface area (Å²) in [4.78, 5) is 4.16. The molecule has 0 radical (unpaired) electrons. The highest BCUT2D eigenvalue weighted by Gasteiger charge is 2.06. The molecule has 0 bridgehead atoms. The van der Waals surface area contributed by atoms with E-state index in [1.807, 2.05) is 32.0 Å². The number of benzene rings is 1. The highest BCUT2D eigenvalue weighted by molar-refractivity contribution is 5.74. The second-order valence-corrected chi connectivity index (χ2v) is 2.98. The van der Waals surface area contributed by atoms with Crippen LogP contribution in [-0.2, 0) is 0 Å². The molecule has 15 heavy (non-hydrogen) atoms. The number of nitrogens with zero attached hydrogens (tertiary/aromatic N) is 1. The quantitative estimate of drug-likeness (QED) is 0.773. The fourth-order valence-corrected chi connectivity index (χ4v) is 1.33. The van der Waals surface area contributed by atoms with Crippen molar-refractivity contribution >= 4 is 11.1 Å². The predicted octanol–water partition coefficient (Wildman–Crippen LogP) is 2.63. The summed E-state index contributed by atoms with van der Waals surface area (Å²) in [6.45, 7) is 5.01. The Morgan fingerprint density at radius 2 is 2.00 bits per heavy atom. The summed E-state index contributed by atoms with van der Waals surface area (Å²) in [5, 5.41) is 0. The Morgan fingerprint density at radius 1 is 1.20 bits per heavy atom. The van der Waals surface area contributed by atoms with E-state index in [9.17, 15) is 0 Å². The lowest BCUT2D eigenvalue weighted by molar-refractivity contribution is 0.251. The van der Waals surface area contributed by atoms with Gasteiger partial charge in [0.25, 0.3) is 0 Å². The Hall–Kier alpha value is -1.71. The van der Waals surface area contributed by atoms with Gasteiger partial charge in [-0.05, 0) is 26.0 Å². The van der Waals surface area contributed by atoms with Crippen molar-refractivity contribution in [2.75, 3.05) is 13.2 Å². The van der Waals surface area contributed by atoms with E-state index in [4.69, 9.17) is 13.9 Å². The van der Waals surface area contributed by atoms with E-state index in [0.717, 1.165) is 11.3 Å². The molecule has 0 saturated heterocycles. The van der Waals surface area contributed by atoms with Gasteiger partial charge in [0, 0.05) is 6.07 Å². The number of hydrogen-bond donors (Lipinski definition) is 0. The number of aromatic nitrogens is 1. The summed E-state index contributed by atoms with van der Waals surface area (Å²) in [7, 11) is 0. The summed E-state index contributed by atoms with van der Waals surface area (Å²) in [6.07, 6.45) is 0.307. The van der Waals surface area contributed by atoms with Gasteiger partial charge < -0.3 is 13.9 Å². The number of rotatable bonds is 4. The van der Waals surface area contributed by atoms with Crippen LogP contribution in [0.3, 0.4) is 0 Å². The SMILES string of the molecule is CCOc1ccc2nc(OCC)oc2c1. The minimum Gasteiger partial charge on any atom is -0.494 e. The molecular formula is C11H13NO3. The first-order chi connectivity index (χ1) is 7.33. The van der Waals surface area contributed by atoms with Crippen molar-refractivity contribution in [1.82, 2.24) is 4.98 Å². The zero-order chi connectivity index (χ0) is 10.7. The van der Waals surface area contributed by atoms with Crippen molar-refractivity contribution in [2.45, 2.75) is 13.8 Å². The summed E-state index contributed by atoms with van der Waals surface area (Å²) in [6, 6.07) is 5.53. The second-order valence-electron chi connectivity index (χ2n) is 2.98. The van der Waals surface area contributed by atoms with E-state index in [2.05, 4.69) is 4.98 Å². The lowest BCUT2D eigenvalue weighted by Crippen LogP contribution is -1.90.